The second-order valence-corrected chi connectivity index (χ2v) is 5.57. The number of rotatable bonds is 2. The van der Waals surface area contributed by atoms with Crippen LogP contribution in [0.2, 0.25) is 0 Å². The first-order chi connectivity index (χ1) is 8.33. The molecule has 0 bridgehead atoms. The van der Waals surface area contributed by atoms with E-state index in [0.29, 0.717) is 11.5 Å². The van der Waals surface area contributed by atoms with Gasteiger partial charge >= 0.3 is 0 Å². The van der Waals surface area contributed by atoms with Crippen molar-refractivity contribution in [1.82, 2.24) is 10.6 Å². The summed E-state index contributed by atoms with van der Waals surface area (Å²) in [5.74, 6) is 1.38. The minimum absolute atomic E-state index is 0.291. The van der Waals surface area contributed by atoms with E-state index in [2.05, 4.69) is 47.9 Å². The molecule has 0 radical (unpaired) electrons. The van der Waals surface area contributed by atoms with Crippen molar-refractivity contribution in [2.45, 2.75) is 31.2 Å². The van der Waals surface area contributed by atoms with Crippen LogP contribution < -0.4 is 10.6 Å². The van der Waals surface area contributed by atoms with Crippen LogP contribution in [0.25, 0.3) is 0 Å². The third-order valence-corrected chi connectivity index (χ3v) is 4.79. The molecular weight excluding hydrogens is 208 g/mol. The van der Waals surface area contributed by atoms with Gasteiger partial charge in [0.2, 0.25) is 0 Å². The van der Waals surface area contributed by atoms with Crippen LogP contribution in [-0.4, -0.2) is 25.2 Å². The van der Waals surface area contributed by atoms with Crippen LogP contribution in [0.15, 0.2) is 30.3 Å². The summed E-state index contributed by atoms with van der Waals surface area (Å²) in [7, 11) is 0. The van der Waals surface area contributed by atoms with Crippen molar-refractivity contribution >= 4 is 0 Å². The monoisotopic (exact) mass is 230 g/mol. The number of nitrogens with one attached hydrogen (secondary N) is 2. The molecule has 2 aliphatic heterocycles. The van der Waals surface area contributed by atoms with Crippen LogP contribution in [0, 0.1) is 5.92 Å². The first kappa shape index (κ1) is 11.2. The summed E-state index contributed by atoms with van der Waals surface area (Å²) in [6.45, 7) is 5.86. The maximum atomic E-state index is 3.83. The van der Waals surface area contributed by atoms with E-state index in [4.69, 9.17) is 0 Å². The van der Waals surface area contributed by atoms with Crippen molar-refractivity contribution in [2.75, 3.05) is 19.6 Å². The third kappa shape index (κ3) is 1.80. The van der Waals surface area contributed by atoms with Crippen molar-refractivity contribution in [3.8, 4) is 0 Å². The fourth-order valence-electron chi connectivity index (χ4n) is 3.71. The standard InChI is InChI=1S/C15H22N2/c1-12(13-6-3-2-4-7-13)15-11-16-10-14(15)8-5-9-17-15/h2-4,6-7,12,14,16-17H,5,8-11H2,1H3/t12?,14?,15-/m0/s1. The Morgan fingerprint density at radius 3 is 2.94 bits per heavy atom. The third-order valence-electron chi connectivity index (χ3n) is 4.79. The molecule has 1 aromatic rings. The number of fused-ring (bicyclic) bond motifs is 1. The Morgan fingerprint density at radius 2 is 2.12 bits per heavy atom. The summed E-state index contributed by atoms with van der Waals surface area (Å²) in [6, 6.07) is 11.0. The summed E-state index contributed by atoms with van der Waals surface area (Å²) in [5, 5.41) is 7.42. The Bertz CT molecular complexity index is 376. The molecule has 0 amide bonds. The molecule has 0 saturated carbocycles. The lowest BCUT2D eigenvalue weighted by molar-refractivity contribution is 0.179. The average molecular weight is 230 g/mol. The second kappa shape index (κ2) is 4.43. The van der Waals surface area contributed by atoms with Crippen molar-refractivity contribution in [1.29, 1.82) is 0 Å². The fraction of sp³-hybridized carbons (Fsp3) is 0.600. The van der Waals surface area contributed by atoms with E-state index < -0.39 is 0 Å². The maximum absolute atomic E-state index is 3.83. The number of piperidine rings is 1. The second-order valence-electron chi connectivity index (χ2n) is 5.57. The predicted molar refractivity (Wildman–Crippen MR) is 71.2 cm³/mol. The molecule has 2 heterocycles. The number of benzene rings is 1. The molecule has 0 spiro atoms. The van der Waals surface area contributed by atoms with Crippen molar-refractivity contribution in [3.63, 3.8) is 0 Å². The molecule has 3 atom stereocenters. The summed E-state index contributed by atoms with van der Waals surface area (Å²) in [4.78, 5) is 0. The lowest BCUT2D eigenvalue weighted by atomic mass is 9.70. The molecule has 1 aromatic carbocycles. The Labute approximate surface area is 104 Å². The molecule has 0 aromatic heterocycles. The van der Waals surface area contributed by atoms with Crippen molar-refractivity contribution in [3.05, 3.63) is 35.9 Å². The molecule has 2 nitrogen and oxygen atoms in total. The highest BCUT2D eigenvalue weighted by atomic mass is 15.1. The van der Waals surface area contributed by atoms with Crippen LogP contribution in [0.4, 0.5) is 0 Å². The Kier molecular flexibility index (Phi) is 2.93. The maximum Gasteiger partial charge on any atom is 0.0413 e. The van der Waals surface area contributed by atoms with Crippen molar-refractivity contribution < 1.29 is 0 Å². The first-order valence-electron chi connectivity index (χ1n) is 6.83. The molecule has 2 aliphatic rings. The van der Waals surface area contributed by atoms with Crippen LogP contribution in [0.1, 0.15) is 31.2 Å². The van der Waals surface area contributed by atoms with E-state index >= 15 is 0 Å². The molecule has 0 aliphatic carbocycles. The quantitative estimate of drug-likeness (QED) is 0.813. The van der Waals surface area contributed by atoms with E-state index in [9.17, 15) is 0 Å². The normalized spacial score (nSPS) is 34.3. The smallest absolute Gasteiger partial charge is 0.0413 e. The van der Waals surface area contributed by atoms with Gasteiger partial charge < -0.3 is 10.6 Å². The molecule has 92 valence electrons. The zero-order valence-corrected chi connectivity index (χ0v) is 10.6. The lowest BCUT2D eigenvalue weighted by Crippen LogP contribution is -2.58. The van der Waals surface area contributed by atoms with E-state index in [0.717, 1.165) is 12.5 Å². The Hall–Kier alpha value is -0.860. The summed E-state index contributed by atoms with van der Waals surface area (Å²) < 4.78 is 0. The van der Waals surface area contributed by atoms with Gasteiger partial charge in [0.15, 0.2) is 0 Å². The zero-order valence-electron chi connectivity index (χ0n) is 10.6. The summed E-state index contributed by atoms with van der Waals surface area (Å²) >= 11 is 0. The van der Waals surface area contributed by atoms with Gasteiger partial charge in [-0.2, -0.15) is 0 Å². The van der Waals surface area contributed by atoms with Gasteiger partial charge in [-0.05, 0) is 37.4 Å². The minimum atomic E-state index is 0.291. The molecular formula is C15H22N2. The van der Waals surface area contributed by atoms with E-state index in [-0.39, 0.29) is 0 Å². The van der Waals surface area contributed by atoms with Gasteiger partial charge in [-0.15, -0.1) is 0 Å². The Morgan fingerprint density at radius 1 is 1.29 bits per heavy atom. The molecule has 2 heteroatoms. The van der Waals surface area contributed by atoms with E-state index in [1.165, 1.54) is 31.5 Å². The predicted octanol–water partition coefficient (Wildman–Crippen LogP) is 2.13. The largest absolute Gasteiger partial charge is 0.315 e. The Balaban J connectivity index is 1.91. The van der Waals surface area contributed by atoms with Gasteiger partial charge in [0, 0.05) is 18.0 Å². The van der Waals surface area contributed by atoms with Crippen molar-refractivity contribution in [2.24, 2.45) is 5.92 Å². The van der Waals surface area contributed by atoms with Gasteiger partial charge in [0.1, 0.15) is 0 Å². The van der Waals surface area contributed by atoms with Crippen LogP contribution >= 0.6 is 0 Å². The van der Waals surface area contributed by atoms with E-state index in [1.807, 2.05) is 0 Å². The summed E-state index contributed by atoms with van der Waals surface area (Å²) in [6.07, 6.45) is 2.70. The van der Waals surface area contributed by atoms with Gasteiger partial charge in [0.25, 0.3) is 0 Å². The average Bonchev–Trinajstić information content (AvgIpc) is 2.84. The lowest BCUT2D eigenvalue weighted by Gasteiger charge is -2.44. The number of hydrogen-bond acceptors (Lipinski definition) is 2. The number of hydrogen-bond donors (Lipinski definition) is 2. The molecule has 2 fully saturated rings. The van der Waals surface area contributed by atoms with Gasteiger partial charge in [-0.25, -0.2) is 0 Å². The molecule has 3 rings (SSSR count). The van der Waals surface area contributed by atoms with Crippen LogP contribution in [0.3, 0.4) is 0 Å². The molecule has 2 N–H and O–H groups in total. The highest BCUT2D eigenvalue weighted by Gasteiger charge is 2.48. The molecule has 2 unspecified atom stereocenters. The molecule has 17 heavy (non-hydrogen) atoms. The van der Waals surface area contributed by atoms with Gasteiger partial charge in [-0.3, -0.25) is 0 Å². The van der Waals surface area contributed by atoms with Gasteiger partial charge in [-0.1, -0.05) is 37.3 Å². The fourth-order valence-corrected chi connectivity index (χ4v) is 3.71. The zero-order chi connectivity index (χ0) is 11.7. The van der Waals surface area contributed by atoms with Gasteiger partial charge in [0.05, 0.1) is 0 Å². The topological polar surface area (TPSA) is 24.1 Å². The molecule has 2 saturated heterocycles. The van der Waals surface area contributed by atoms with Crippen LogP contribution in [0.5, 0.6) is 0 Å². The SMILES string of the molecule is CC(c1ccccc1)[C@@]12CNCC1CCCN2. The summed E-state index contributed by atoms with van der Waals surface area (Å²) in [5.41, 5.74) is 1.76. The first-order valence-corrected chi connectivity index (χ1v) is 6.83. The minimum Gasteiger partial charge on any atom is -0.315 e. The highest BCUT2D eigenvalue weighted by molar-refractivity contribution is 5.26. The highest BCUT2D eigenvalue weighted by Crippen LogP contribution is 2.40. The van der Waals surface area contributed by atoms with E-state index in [1.54, 1.807) is 0 Å². The van der Waals surface area contributed by atoms with Crippen LogP contribution in [-0.2, 0) is 0 Å².